The molecule has 0 saturated carbocycles. The summed E-state index contributed by atoms with van der Waals surface area (Å²) in [6.07, 6.45) is 3.55. The Morgan fingerprint density at radius 3 is 2.72 bits per heavy atom. The van der Waals surface area contributed by atoms with Crippen molar-refractivity contribution in [2.24, 2.45) is 0 Å². The van der Waals surface area contributed by atoms with Gasteiger partial charge in [-0.15, -0.1) is 0 Å². The van der Waals surface area contributed by atoms with Crippen molar-refractivity contribution in [3.8, 4) is 17.6 Å². The molecule has 0 spiro atoms. The molecule has 7 nitrogen and oxygen atoms in total. The smallest absolute Gasteiger partial charge is 0.410 e. The molecule has 128 valence electrons. The summed E-state index contributed by atoms with van der Waals surface area (Å²) < 4.78 is 5.42. The zero-order valence-corrected chi connectivity index (χ0v) is 14.5. The molecule has 0 atom stereocenters. The number of fused-ring (bicyclic) bond motifs is 1. The van der Waals surface area contributed by atoms with Crippen molar-refractivity contribution < 1.29 is 9.53 Å². The quantitative estimate of drug-likeness (QED) is 0.794. The van der Waals surface area contributed by atoms with Crippen LogP contribution >= 0.6 is 0 Å². The van der Waals surface area contributed by atoms with Crippen molar-refractivity contribution >= 4 is 6.09 Å². The molecule has 0 N–H and O–H groups in total. The molecule has 3 rings (SSSR count). The van der Waals surface area contributed by atoms with Crippen LogP contribution in [0.3, 0.4) is 0 Å². The Bertz CT molecular complexity index is 834. The molecule has 1 aliphatic rings. The van der Waals surface area contributed by atoms with Crippen LogP contribution in [0.5, 0.6) is 0 Å². The van der Waals surface area contributed by atoms with Gasteiger partial charge in [0.2, 0.25) is 0 Å². The minimum Gasteiger partial charge on any atom is -0.444 e. The van der Waals surface area contributed by atoms with Crippen LogP contribution in [0.25, 0.3) is 11.5 Å². The summed E-state index contributed by atoms with van der Waals surface area (Å²) in [5.41, 5.74) is 2.43. The second-order valence-corrected chi connectivity index (χ2v) is 6.86. The van der Waals surface area contributed by atoms with Crippen LogP contribution < -0.4 is 0 Å². The van der Waals surface area contributed by atoms with Gasteiger partial charge in [0, 0.05) is 30.9 Å². The van der Waals surface area contributed by atoms with E-state index < -0.39 is 5.60 Å². The molecule has 3 heterocycles. The number of carbonyl (C=O) groups excluding carboxylic acids is 1. The van der Waals surface area contributed by atoms with Crippen molar-refractivity contribution in [1.29, 1.82) is 5.26 Å². The van der Waals surface area contributed by atoms with E-state index in [2.05, 4.69) is 15.0 Å². The summed E-state index contributed by atoms with van der Waals surface area (Å²) >= 11 is 0. The summed E-state index contributed by atoms with van der Waals surface area (Å²) in [6, 6.07) is 5.46. The van der Waals surface area contributed by atoms with Gasteiger partial charge in [0.15, 0.2) is 5.82 Å². The van der Waals surface area contributed by atoms with Crippen LogP contribution in [0.15, 0.2) is 24.5 Å². The number of hydrogen-bond acceptors (Lipinski definition) is 6. The monoisotopic (exact) mass is 337 g/mol. The Morgan fingerprint density at radius 2 is 2.08 bits per heavy atom. The van der Waals surface area contributed by atoms with Crippen LogP contribution in [-0.2, 0) is 17.7 Å². The van der Waals surface area contributed by atoms with Gasteiger partial charge < -0.3 is 9.64 Å². The second-order valence-electron chi connectivity index (χ2n) is 6.86. The van der Waals surface area contributed by atoms with E-state index in [0.29, 0.717) is 36.6 Å². The fourth-order valence-corrected chi connectivity index (χ4v) is 2.51. The lowest BCUT2D eigenvalue weighted by Gasteiger charge is -2.30. The summed E-state index contributed by atoms with van der Waals surface area (Å²) in [4.78, 5) is 27.0. The molecule has 1 amide bonds. The number of aromatic nitrogens is 3. The standard InChI is InChI=1S/C18H19N5O2/c1-18(2,3)25-17(24)23-7-6-14-13(11-23)10-21-16(22-14)15-5-4-12(8-19)9-20-15/h4-5,9-10H,6-7,11H2,1-3H3. The number of hydrogen-bond donors (Lipinski definition) is 0. The van der Waals surface area contributed by atoms with Gasteiger partial charge in [0.1, 0.15) is 17.4 Å². The molecule has 0 saturated heterocycles. The first-order chi connectivity index (χ1) is 11.9. The Balaban J connectivity index is 1.77. The molecule has 1 aliphatic heterocycles. The zero-order valence-electron chi connectivity index (χ0n) is 14.5. The summed E-state index contributed by atoms with van der Waals surface area (Å²) in [7, 11) is 0. The number of nitrogens with zero attached hydrogens (tertiary/aromatic N) is 5. The Labute approximate surface area is 146 Å². The largest absolute Gasteiger partial charge is 0.444 e. The molecule has 2 aromatic heterocycles. The van der Waals surface area contributed by atoms with E-state index >= 15 is 0 Å². The van der Waals surface area contributed by atoms with E-state index in [1.807, 2.05) is 26.8 Å². The first-order valence-corrected chi connectivity index (χ1v) is 8.05. The molecule has 0 unspecified atom stereocenters. The Morgan fingerprint density at radius 1 is 1.28 bits per heavy atom. The number of carbonyl (C=O) groups is 1. The highest BCUT2D eigenvalue weighted by Gasteiger charge is 2.26. The highest BCUT2D eigenvalue weighted by atomic mass is 16.6. The van der Waals surface area contributed by atoms with Gasteiger partial charge in [-0.1, -0.05) is 0 Å². The average molecular weight is 337 g/mol. The molecular formula is C18H19N5O2. The summed E-state index contributed by atoms with van der Waals surface area (Å²) in [6.45, 7) is 6.54. The maximum atomic E-state index is 12.2. The van der Waals surface area contributed by atoms with E-state index in [-0.39, 0.29) is 6.09 Å². The van der Waals surface area contributed by atoms with Gasteiger partial charge in [-0.2, -0.15) is 5.26 Å². The Hall–Kier alpha value is -3.01. The van der Waals surface area contributed by atoms with E-state index in [9.17, 15) is 4.79 Å². The van der Waals surface area contributed by atoms with Gasteiger partial charge in [0.05, 0.1) is 17.8 Å². The summed E-state index contributed by atoms with van der Waals surface area (Å²) in [5, 5.41) is 8.83. The van der Waals surface area contributed by atoms with Crippen molar-refractivity contribution in [1.82, 2.24) is 19.9 Å². The van der Waals surface area contributed by atoms with Crippen molar-refractivity contribution in [3.05, 3.63) is 41.3 Å². The van der Waals surface area contributed by atoms with Crippen LogP contribution in [-0.4, -0.2) is 38.1 Å². The number of rotatable bonds is 1. The molecule has 0 aromatic carbocycles. The Kier molecular flexibility index (Phi) is 4.36. The van der Waals surface area contributed by atoms with Crippen molar-refractivity contribution in [2.45, 2.75) is 39.3 Å². The van der Waals surface area contributed by atoms with E-state index in [1.54, 1.807) is 23.2 Å². The molecule has 0 radical (unpaired) electrons. The zero-order chi connectivity index (χ0) is 18.0. The van der Waals surface area contributed by atoms with Gasteiger partial charge >= 0.3 is 6.09 Å². The lowest BCUT2D eigenvalue weighted by molar-refractivity contribution is 0.0222. The molecule has 0 bridgehead atoms. The van der Waals surface area contributed by atoms with E-state index in [0.717, 1.165) is 11.3 Å². The van der Waals surface area contributed by atoms with Crippen LogP contribution in [0.2, 0.25) is 0 Å². The van der Waals surface area contributed by atoms with Gasteiger partial charge in [-0.3, -0.25) is 4.98 Å². The molecule has 2 aromatic rings. The number of amides is 1. The average Bonchev–Trinajstić information content (AvgIpc) is 2.59. The normalized spacial score (nSPS) is 13.8. The number of ether oxygens (including phenoxy) is 1. The topological polar surface area (TPSA) is 92.0 Å². The van der Waals surface area contributed by atoms with Crippen LogP contribution in [0.4, 0.5) is 4.79 Å². The van der Waals surface area contributed by atoms with Gasteiger partial charge in [-0.05, 0) is 32.9 Å². The molecule has 25 heavy (non-hydrogen) atoms. The minimum atomic E-state index is -0.515. The van der Waals surface area contributed by atoms with E-state index in [1.165, 1.54) is 6.20 Å². The van der Waals surface area contributed by atoms with Gasteiger partial charge in [-0.25, -0.2) is 14.8 Å². The first kappa shape index (κ1) is 16.8. The third-order valence-corrected chi connectivity index (χ3v) is 3.71. The maximum absolute atomic E-state index is 12.2. The lowest BCUT2D eigenvalue weighted by Crippen LogP contribution is -2.40. The fraction of sp³-hybridized carbons (Fsp3) is 0.389. The van der Waals surface area contributed by atoms with E-state index in [4.69, 9.17) is 10.00 Å². The molecular weight excluding hydrogens is 318 g/mol. The second kappa shape index (κ2) is 6.48. The highest BCUT2D eigenvalue weighted by Crippen LogP contribution is 2.21. The third kappa shape index (κ3) is 3.91. The van der Waals surface area contributed by atoms with Crippen LogP contribution in [0.1, 0.15) is 37.6 Å². The fourth-order valence-electron chi connectivity index (χ4n) is 2.51. The first-order valence-electron chi connectivity index (χ1n) is 8.05. The van der Waals surface area contributed by atoms with Gasteiger partial charge in [0.25, 0.3) is 0 Å². The lowest BCUT2D eigenvalue weighted by atomic mass is 10.1. The SMILES string of the molecule is CC(C)(C)OC(=O)N1CCc2nc(-c3ccc(C#N)cn3)ncc2C1. The predicted octanol–water partition coefficient (Wildman–Crippen LogP) is 2.70. The minimum absolute atomic E-state index is 0.323. The number of pyridine rings is 1. The molecule has 7 heteroatoms. The highest BCUT2D eigenvalue weighted by molar-refractivity contribution is 5.68. The van der Waals surface area contributed by atoms with Crippen molar-refractivity contribution in [3.63, 3.8) is 0 Å². The predicted molar refractivity (Wildman–Crippen MR) is 90.3 cm³/mol. The summed E-state index contributed by atoms with van der Waals surface area (Å²) in [5.74, 6) is 0.522. The molecule has 0 fully saturated rings. The third-order valence-electron chi connectivity index (χ3n) is 3.71. The van der Waals surface area contributed by atoms with Crippen LogP contribution in [0, 0.1) is 11.3 Å². The maximum Gasteiger partial charge on any atom is 0.410 e. The van der Waals surface area contributed by atoms with Crippen molar-refractivity contribution in [2.75, 3.05) is 6.54 Å². The molecule has 0 aliphatic carbocycles. The number of nitriles is 1.